The fourth-order valence-electron chi connectivity index (χ4n) is 3.27. The summed E-state index contributed by atoms with van der Waals surface area (Å²) in [6.07, 6.45) is 3.03. The third-order valence-electron chi connectivity index (χ3n) is 4.78. The zero-order valence-corrected chi connectivity index (χ0v) is 17.0. The number of H-pyrrole nitrogens is 1. The minimum Gasteiger partial charge on any atom is -0.493 e. The number of aromatic hydroxyl groups is 1. The van der Waals surface area contributed by atoms with Crippen LogP contribution in [0.2, 0.25) is 0 Å². The zero-order chi connectivity index (χ0) is 21.2. The normalized spacial score (nSPS) is 11.6. The first-order valence-corrected chi connectivity index (χ1v) is 10.4. The quantitative estimate of drug-likeness (QED) is 0.292. The molecule has 0 unspecified atom stereocenters. The van der Waals surface area contributed by atoms with Crippen molar-refractivity contribution in [3.05, 3.63) is 78.6 Å². The Labute approximate surface area is 180 Å². The van der Waals surface area contributed by atoms with Crippen LogP contribution in [0, 0.1) is 0 Å². The first-order valence-electron chi connectivity index (χ1n) is 9.44. The average molecular weight is 428 g/mol. The number of para-hydroxylation sites is 3. The van der Waals surface area contributed by atoms with Gasteiger partial charge in [-0.15, -0.1) is 10.2 Å². The van der Waals surface area contributed by atoms with Gasteiger partial charge in [0.2, 0.25) is 5.88 Å². The smallest absolute Gasteiger partial charge is 0.295 e. The molecule has 0 saturated carbocycles. The van der Waals surface area contributed by atoms with Gasteiger partial charge in [-0.3, -0.25) is 9.78 Å². The fourth-order valence-corrected chi connectivity index (χ4v) is 4.13. The first-order chi connectivity index (χ1) is 15.2. The first kappa shape index (κ1) is 19.0. The number of fused-ring (bicyclic) bond motifs is 2. The Kier molecular flexibility index (Phi) is 4.93. The fraction of sp³-hybridized carbons (Fsp3) is 0.0455. The predicted octanol–water partition coefficient (Wildman–Crippen LogP) is 5.29. The van der Waals surface area contributed by atoms with Crippen molar-refractivity contribution in [1.82, 2.24) is 19.5 Å². The molecule has 0 saturated heterocycles. The molecule has 0 radical (unpaired) electrons. The SMILES string of the molecule is O=C(N=Nc1c(O)n(CSc2nc3ccccc3[nH]2)c2ccccc12)c1ccncc1. The molecular weight excluding hydrogens is 412 g/mol. The van der Waals surface area contributed by atoms with E-state index in [0.29, 0.717) is 16.8 Å². The Balaban J connectivity index is 1.45. The van der Waals surface area contributed by atoms with Crippen LogP contribution in [-0.2, 0) is 5.88 Å². The van der Waals surface area contributed by atoms with Crippen molar-refractivity contribution >= 4 is 45.3 Å². The van der Waals surface area contributed by atoms with Crippen LogP contribution in [0.5, 0.6) is 5.88 Å². The number of nitrogens with one attached hydrogen (secondary N) is 1. The third-order valence-corrected chi connectivity index (χ3v) is 5.64. The van der Waals surface area contributed by atoms with E-state index in [1.54, 1.807) is 16.7 Å². The molecule has 0 fully saturated rings. The second-order valence-electron chi connectivity index (χ2n) is 6.69. The van der Waals surface area contributed by atoms with Gasteiger partial charge >= 0.3 is 0 Å². The molecule has 152 valence electrons. The predicted molar refractivity (Wildman–Crippen MR) is 119 cm³/mol. The van der Waals surface area contributed by atoms with Crippen molar-refractivity contribution in [1.29, 1.82) is 0 Å². The molecule has 0 aliphatic rings. The number of imidazole rings is 1. The molecule has 5 rings (SSSR count). The van der Waals surface area contributed by atoms with E-state index in [2.05, 4.69) is 25.2 Å². The molecule has 2 aromatic carbocycles. The molecule has 0 atom stereocenters. The summed E-state index contributed by atoms with van der Waals surface area (Å²) in [7, 11) is 0. The minimum atomic E-state index is -0.504. The Morgan fingerprint density at radius 1 is 1.06 bits per heavy atom. The lowest BCUT2D eigenvalue weighted by atomic mass is 10.2. The second kappa shape index (κ2) is 8.04. The summed E-state index contributed by atoms with van der Waals surface area (Å²) in [6, 6.07) is 18.4. The Bertz CT molecular complexity index is 1390. The van der Waals surface area contributed by atoms with E-state index in [4.69, 9.17) is 0 Å². The number of hydrogen-bond acceptors (Lipinski definition) is 6. The monoisotopic (exact) mass is 428 g/mol. The highest BCUT2D eigenvalue weighted by Crippen LogP contribution is 2.40. The van der Waals surface area contributed by atoms with Crippen molar-refractivity contribution in [3.63, 3.8) is 0 Å². The van der Waals surface area contributed by atoms with Gasteiger partial charge in [-0.1, -0.05) is 42.1 Å². The van der Waals surface area contributed by atoms with Crippen molar-refractivity contribution < 1.29 is 9.90 Å². The molecule has 0 spiro atoms. The molecule has 8 nitrogen and oxygen atoms in total. The van der Waals surface area contributed by atoms with E-state index >= 15 is 0 Å². The average Bonchev–Trinajstić information content (AvgIpc) is 3.34. The number of benzene rings is 2. The summed E-state index contributed by atoms with van der Waals surface area (Å²) in [4.78, 5) is 24.0. The van der Waals surface area contributed by atoms with E-state index in [1.165, 1.54) is 24.2 Å². The Morgan fingerprint density at radius 2 is 1.84 bits per heavy atom. The molecule has 0 aliphatic carbocycles. The van der Waals surface area contributed by atoms with Gasteiger partial charge in [-0.25, -0.2) is 4.98 Å². The van der Waals surface area contributed by atoms with E-state index in [9.17, 15) is 9.90 Å². The van der Waals surface area contributed by atoms with Gasteiger partial charge < -0.3 is 14.7 Å². The number of rotatable bonds is 5. The molecule has 3 aromatic heterocycles. The van der Waals surface area contributed by atoms with E-state index < -0.39 is 5.91 Å². The molecule has 2 N–H and O–H groups in total. The highest BCUT2D eigenvalue weighted by atomic mass is 32.2. The van der Waals surface area contributed by atoms with Gasteiger partial charge in [0, 0.05) is 23.3 Å². The van der Waals surface area contributed by atoms with Crippen LogP contribution >= 0.6 is 11.8 Å². The van der Waals surface area contributed by atoms with Crippen LogP contribution in [0.4, 0.5) is 5.69 Å². The largest absolute Gasteiger partial charge is 0.493 e. The highest BCUT2D eigenvalue weighted by molar-refractivity contribution is 7.98. The van der Waals surface area contributed by atoms with Crippen molar-refractivity contribution in [3.8, 4) is 5.88 Å². The maximum Gasteiger partial charge on any atom is 0.295 e. The number of carbonyl (C=O) groups excluding carboxylic acids is 1. The van der Waals surface area contributed by atoms with Gasteiger partial charge in [0.05, 0.1) is 22.4 Å². The number of amides is 1. The Morgan fingerprint density at radius 3 is 2.68 bits per heavy atom. The lowest BCUT2D eigenvalue weighted by molar-refractivity contribution is 0.0995. The summed E-state index contributed by atoms with van der Waals surface area (Å²) in [6.45, 7) is 0. The van der Waals surface area contributed by atoms with Crippen LogP contribution in [0.3, 0.4) is 0 Å². The van der Waals surface area contributed by atoms with Crippen LogP contribution in [-0.4, -0.2) is 30.5 Å². The molecule has 0 aliphatic heterocycles. The Hall–Kier alpha value is -3.98. The summed E-state index contributed by atoms with van der Waals surface area (Å²) >= 11 is 1.45. The van der Waals surface area contributed by atoms with Gasteiger partial charge in [0.1, 0.15) is 0 Å². The van der Waals surface area contributed by atoms with Crippen LogP contribution in [0.1, 0.15) is 10.4 Å². The maximum absolute atomic E-state index is 12.3. The number of azo groups is 1. The molecule has 9 heteroatoms. The summed E-state index contributed by atoms with van der Waals surface area (Å²) in [5, 5.41) is 20.2. The van der Waals surface area contributed by atoms with Crippen molar-refractivity contribution in [2.45, 2.75) is 11.0 Å². The van der Waals surface area contributed by atoms with E-state index in [0.717, 1.165) is 21.7 Å². The van der Waals surface area contributed by atoms with Gasteiger partial charge in [0.25, 0.3) is 5.91 Å². The lowest BCUT2D eigenvalue weighted by Gasteiger charge is -2.04. The van der Waals surface area contributed by atoms with Crippen molar-refractivity contribution in [2.24, 2.45) is 10.2 Å². The van der Waals surface area contributed by atoms with Gasteiger partial charge in [-0.05, 0) is 30.3 Å². The van der Waals surface area contributed by atoms with E-state index in [-0.39, 0.29) is 11.6 Å². The number of aromatic nitrogens is 4. The summed E-state index contributed by atoms with van der Waals surface area (Å²) < 4.78 is 1.72. The number of pyridine rings is 1. The van der Waals surface area contributed by atoms with Gasteiger partial charge in [0.15, 0.2) is 10.8 Å². The zero-order valence-electron chi connectivity index (χ0n) is 16.1. The molecule has 31 heavy (non-hydrogen) atoms. The number of hydrogen-bond donors (Lipinski definition) is 2. The van der Waals surface area contributed by atoms with Gasteiger partial charge in [-0.2, -0.15) is 0 Å². The number of nitrogens with zero attached hydrogens (tertiary/aromatic N) is 5. The van der Waals surface area contributed by atoms with E-state index in [1.807, 2.05) is 48.5 Å². The molecule has 3 heterocycles. The number of thioether (sulfide) groups is 1. The van der Waals surface area contributed by atoms with Crippen LogP contribution in [0.15, 0.2) is 88.4 Å². The summed E-state index contributed by atoms with van der Waals surface area (Å²) in [5.74, 6) is -0.161. The highest BCUT2D eigenvalue weighted by Gasteiger charge is 2.17. The summed E-state index contributed by atoms with van der Waals surface area (Å²) in [5.41, 5.74) is 3.26. The third kappa shape index (κ3) is 3.66. The molecule has 1 amide bonds. The topological polar surface area (TPSA) is 109 Å². The molecule has 0 bridgehead atoms. The standard InChI is InChI=1S/C22H16N6O2S/c29-20(14-9-11-23-12-10-14)27-26-19-15-5-1-4-8-18(15)28(21(19)30)13-31-22-24-16-6-2-3-7-17(16)25-22/h1-12,30H,13H2,(H,24,25). The number of carbonyl (C=O) groups is 1. The lowest BCUT2D eigenvalue weighted by Crippen LogP contribution is -1.94. The van der Waals surface area contributed by atoms with Crippen molar-refractivity contribution in [2.75, 3.05) is 0 Å². The minimum absolute atomic E-state index is 0.0592. The second-order valence-corrected chi connectivity index (χ2v) is 7.62. The molecule has 5 aromatic rings. The number of aromatic amines is 1. The maximum atomic E-state index is 12.3. The van der Waals surface area contributed by atoms with Crippen LogP contribution in [0.25, 0.3) is 21.9 Å². The molecular formula is C22H16N6O2S. The van der Waals surface area contributed by atoms with Crippen LogP contribution < -0.4 is 0 Å².